The molecule has 0 aromatic heterocycles. The summed E-state index contributed by atoms with van der Waals surface area (Å²) in [7, 11) is -9.74. The number of unbranched alkanes of at least 4 members (excludes halogenated alkanes) is 5. The van der Waals surface area contributed by atoms with Gasteiger partial charge in [0, 0.05) is 12.8 Å². The molecular formula is C46H74O14P2. The van der Waals surface area contributed by atoms with Crippen LogP contribution >= 0.6 is 15.6 Å². The zero-order chi connectivity index (χ0) is 46.0. The molecule has 4 atom stereocenters. The van der Waals surface area contributed by atoms with Gasteiger partial charge in [-0.05, 0) is 77.0 Å². The van der Waals surface area contributed by atoms with Crippen molar-refractivity contribution < 1.29 is 66.7 Å². The molecule has 5 N–H and O–H groups in total. The molecule has 0 saturated heterocycles. The number of aliphatic hydroxyl groups excluding tert-OH is 2. The topological polar surface area (TPSA) is 216 Å². The van der Waals surface area contributed by atoms with E-state index >= 15 is 0 Å². The van der Waals surface area contributed by atoms with Crippen molar-refractivity contribution >= 4 is 27.6 Å². The van der Waals surface area contributed by atoms with Crippen molar-refractivity contribution in [3.05, 3.63) is 109 Å². The van der Waals surface area contributed by atoms with Gasteiger partial charge in [-0.25, -0.2) is 9.13 Å². The van der Waals surface area contributed by atoms with Crippen molar-refractivity contribution in [3.8, 4) is 0 Å². The van der Waals surface area contributed by atoms with Gasteiger partial charge in [0.1, 0.15) is 12.7 Å². The van der Waals surface area contributed by atoms with Gasteiger partial charge in [0.25, 0.3) is 0 Å². The fourth-order valence-electron chi connectivity index (χ4n) is 5.00. The van der Waals surface area contributed by atoms with Gasteiger partial charge in [-0.15, -0.1) is 0 Å². The minimum atomic E-state index is -4.88. The predicted molar refractivity (Wildman–Crippen MR) is 245 cm³/mol. The Morgan fingerprint density at radius 1 is 0.532 bits per heavy atom. The van der Waals surface area contributed by atoms with Crippen LogP contribution in [0.1, 0.15) is 123 Å². The first kappa shape index (κ1) is 58.7. The molecule has 0 amide bonds. The lowest BCUT2D eigenvalue weighted by atomic mass is 10.1. The summed E-state index contributed by atoms with van der Waals surface area (Å²) in [5, 5.41) is 19.6. The summed E-state index contributed by atoms with van der Waals surface area (Å²) < 4.78 is 47.6. The van der Waals surface area contributed by atoms with Crippen LogP contribution in [0.25, 0.3) is 0 Å². The van der Waals surface area contributed by atoms with Crippen LogP contribution in [0.5, 0.6) is 0 Å². The number of carbonyl (C=O) groups excluding carboxylic acids is 2. The molecule has 0 bridgehead atoms. The number of esters is 2. The highest BCUT2D eigenvalue weighted by Crippen LogP contribution is 2.43. The number of carbonyl (C=O) groups is 2. The lowest BCUT2D eigenvalue weighted by Crippen LogP contribution is -2.29. The van der Waals surface area contributed by atoms with E-state index in [1.807, 2.05) is 49.5 Å². The molecule has 352 valence electrons. The van der Waals surface area contributed by atoms with E-state index in [-0.39, 0.29) is 12.8 Å². The van der Waals surface area contributed by atoms with Crippen molar-refractivity contribution in [2.45, 2.75) is 141 Å². The fraction of sp³-hybridized carbons (Fsp3) is 0.565. The van der Waals surface area contributed by atoms with Gasteiger partial charge < -0.3 is 34.4 Å². The lowest BCUT2D eigenvalue weighted by molar-refractivity contribution is -0.161. The number of hydrogen-bond acceptors (Lipinski definition) is 11. The lowest BCUT2D eigenvalue weighted by Gasteiger charge is -2.20. The Morgan fingerprint density at radius 3 is 1.65 bits per heavy atom. The second-order valence-electron chi connectivity index (χ2n) is 14.1. The van der Waals surface area contributed by atoms with Gasteiger partial charge >= 0.3 is 27.6 Å². The van der Waals surface area contributed by atoms with Gasteiger partial charge in [0.15, 0.2) is 6.10 Å². The molecule has 62 heavy (non-hydrogen) atoms. The van der Waals surface area contributed by atoms with Crippen molar-refractivity contribution in [2.75, 3.05) is 26.4 Å². The summed E-state index contributed by atoms with van der Waals surface area (Å²) in [6.07, 6.45) is 45.7. The molecule has 0 aliphatic heterocycles. The van der Waals surface area contributed by atoms with Crippen LogP contribution in [-0.2, 0) is 41.8 Å². The molecule has 0 aromatic carbocycles. The van der Waals surface area contributed by atoms with Crippen LogP contribution in [0.3, 0.4) is 0 Å². The third-order valence-electron chi connectivity index (χ3n) is 8.24. The van der Waals surface area contributed by atoms with Gasteiger partial charge in [0.2, 0.25) is 0 Å². The van der Waals surface area contributed by atoms with E-state index in [0.29, 0.717) is 25.7 Å². The van der Waals surface area contributed by atoms with Gasteiger partial charge in [-0.3, -0.25) is 23.2 Å². The molecular weight excluding hydrogens is 838 g/mol. The quantitative estimate of drug-likeness (QED) is 0.0128. The summed E-state index contributed by atoms with van der Waals surface area (Å²) in [4.78, 5) is 52.7. The molecule has 0 fully saturated rings. The smallest absolute Gasteiger partial charge is 0.462 e. The normalized spacial score (nSPS) is 15.5. The highest BCUT2D eigenvalue weighted by Gasteiger charge is 2.28. The van der Waals surface area contributed by atoms with Crippen molar-refractivity contribution in [2.24, 2.45) is 0 Å². The highest BCUT2D eigenvalue weighted by atomic mass is 31.2. The monoisotopic (exact) mass is 912 g/mol. The summed E-state index contributed by atoms with van der Waals surface area (Å²) in [5.74, 6) is -1.20. The largest absolute Gasteiger partial charge is 0.472 e. The van der Waals surface area contributed by atoms with E-state index in [0.717, 1.165) is 70.6 Å². The van der Waals surface area contributed by atoms with E-state index in [4.69, 9.17) is 23.8 Å². The Morgan fingerprint density at radius 2 is 1.05 bits per heavy atom. The summed E-state index contributed by atoms with van der Waals surface area (Å²) in [6.45, 7) is 1.28. The molecule has 0 aliphatic carbocycles. The van der Waals surface area contributed by atoms with Crippen LogP contribution in [0, 0.1) is 0 Å². The Hall–Kier alpha value is -3.26. The highest BCUT2D eigenvalue weighted by molar-refractivity contribution is 7.47. The van der Waals surface area contributed by atoms with Crippen molar-refractivity contribution in [1.29, 1.82) is 0 Å². The zero-order valence-electron chi connectivity index (χ0n) is 36.8. The Labute approximate surface area is 370 Å². The molecule has 14 nitrogen and oxygen atoms in total. The van der Waals surface area contributed by atoms with Crippen molar-refractivity contribution in [1.82, 2.24) is 0 Å². The maximum atomic E-state index is 12.6. The second kappa shape index (κ2) is 40.5. The van der Waals surface area contributed by atoms with Gasteiger partial charge in [-0.2, -0.15) is 0 Å². The second-order valence-corrected chi connectivity index (χ2v) is 16.7. The average molecular weight is 913 g/mol. The van der Waals surface area contributed by atoms with Crippen LogP contribution < -0.4 is 0 Å². The number of aliphatic hydroxyl groups is 2. The summed E-state index contributed by atoms with van der Waals surface area (Å²) >= 11 is 0. The number of hydrogen-bond donors (Lipinski definition) is 5. The standard InChI is InChI=1S/C46H74O14P2/c1-3-5-7-8-9-10-11-12-13-14-15-16-17-18-19-22-26-29-33-37-46(50)60-44(41-59-62(54,55)58-39-43(48)38-57-61(51,52)53)40-56-45(49)36-32-28-25-23-20-21-24-27-31-35-42(47)34-30-6-4-2/h5-7,9-10,12-13,15-16,18-19,24,26-27,29-31,35,42-44,47-48H,3-4,8,11,14,17,20-23,25,28,32-34,36-41H2,1-2H3,(H,54,55)(H2,51,52,53)/b7-5-,10-9-,13-12-,16-15-,19-18-,27-24+,29-26-,30-6+,35-31+/t42?,43-,44+/m0/s1. The SMILES string of the molecule is CC/C=C\C/C=C\C/C=C\C/C=C\C/C=C\C/C=C\CCC(=O)O[C@H](COC(=O)CCCCCCC/C=C/C=C/C(O)C/C=C/CC)COP(=O)(O)OC[C@@H](O)COP(=O)(O)O. The molecule has 16 heteroatoms. The van der Waals surface area contributed by atoms with E-state index in [1.54, 1.807) is 6.08 Å². The number of ether oxygens (including phenoxy) is 2. The number of phosphoric ester groups is 2. The molecule has 0 heterocycles. The van der Waals surface area contributed by atoms with Crippen LogP contribution in [0.2, 0.25) is 0 Å². The Balaban J connectivity index is 4.73. The first-order valence-electron chi connectivity index (χ1n) is 21.7. The van der Waals surface area contributed by atoms with Crippen LogP contribution in [0.15, 0.2) is 109 Å². The van der Waals surface area contributed by atoms with E-state index in [9.17, 15) is 33.8 Å². The summed E-state index contributed by atoms with van der Waals surface area (Å²) in [6, 6.07) is 0. The third-order valence-corrected chi connectivity index (χ3v) is 9.68. The minimum absolute atomic E-state index is 0.0157. The Kier molecular flexibility index (Phi) is 38.4. The van der Waals surface area contributed by atoms with E-state index in [1.165, 1.54) is 0 Å². The average Bonchev–Trinajstić information content (AvgIpc) is 3.23. The van der Waals surface area contributed by atoms with E-state index < -0.39 is 72.3 Å². The van der Waals surface area contributed by atoms with Crippen LogP contribution in [-0.4, -0.2) is 81.6 Å². The number of rotatable bonds is 39. The number of phosphoric acid groups is 2. The maximum Gasteiger partial charge on any atom is 0.472 e. The third kappa shape index (κ3) is 43.4. The van der Waals surface area contributed by atoms with Gasteiger partial charge in [0.05, 0.1) is 25.9 Å². The molecule has 0 radical (unpaired) electrons. The molecule has 0 aromatic rings. The minimum Gasteiger partial charge on any atom is -0.462 e. The van der Waals surface area contributed by atoms with Crippen LogP contribution in [0.4, 0.5) is 0 Å². The van der Waals surface area contributed by atoms with Gasteiger partial charge in [-0.1, -0.05) is 142 Å². The number of allylic oxidation sites excluding steroid dienone is 16. The first-order chi connectivity index (χ1) is 29.8. The fourth-order valence-corrected chi connectivity index (χ4v) is 6.15. The predicted octanol–water partition coefficient (Wildman–Crippen LogP) is 10.1. The molecule has 2 unspecified atom stereocenters. The maximum absolute atomic E-state index is 12.6. The molecule has 0 saturated carbocycles. The Bertz CT molecular complexity index is 1520. The molecule has 0 aliphatic rings. The van der Waals surface area contributed by atoms with Crippen molar-refractivity contribution in [3.63, 3.8) is 0 Å². The summed E-state index contributed by atoms with van der Waals surface area (Å²) in [5.41, 5.74) is 0. The van der Waals surface area contributed by atoms with E-state index in [2.05, 4.69) is 76.7 Å². The zero-order valence-corrected chi connectivity index (χ0v) is 38.6. The first-order valence-corrected chi connectivity index (χ1v) is 24.7. The molecule has 0 rings (SSSR count). The molecule has 0 spiro atoms.